The lowest BCUT2D eigenvalue weighted by Crippen LogP contribution is -2.27. The molecule has 0 unspecified atom stereocenters. The van der Waals surface area contributed by atoms with Gasteiger partial charge in [0.15, 0.2) is 0 Å². The van der Waals surface area contributed by atoms with Crippen molar-refractivity contribution in [2.75, 3.05) is 10.5 Å². The van der Waals surface area contributed by atoms with E-state index in [0.29, 0.717) is 23.4 Å². The van der Waals surface area contributed by atoms with Crippen molar-refractivity contribution in [2.45, 2.75) is 31.2 Å². The highest BCUT2D eigenvalue weighted by Crippen LogP contribution is 2.37. The molecule has 3 aromatic carbocycles. The van der Waals surface area contributed by atoms with Crippen molar-refractivity contribution in [3.8, 4) is 0 Å². The maximum atomic E-state index is 13.5. The fourth-order valence-corrected chi connectivity index (χ4v) is 5.70. The SMILES string of the molecule is CCS(=O)(=O)Nc1cccc(C2=NN(S(=O)(=O)c3ccc(C)cc3)[C@@H](c3ccccc3)C2)c1. The normalized spacial score (nSPS) is 16.5. The van der Waals surface area contributed by atoms with Crippen molar-refractivity contribution in [2.24, 2.45) is 5.10 Å². The van der Waals surface area contributed by atoms with Gasteiger partial charge >= 0.3 is 0 Å². The molecule has 172 valence electrons. The van der Waals surface area contributed by atoms with Crippen LogP contribution in [0.5, 0.6) is 0 Å². The third-order valence-corrected chi connectivity index (χ3v) is 8.47. The van der Waals surface area contributed by atoms with Crippen molar-refractivity contribution in [3.05, 3.63) is 95.6 Å². The average Bonchev–Trinajstić information content (AvgIpc) is 3.26. The Morgan fingerprint density at radius 2 is 1.64 bits per heavy atom. The topological polar surface area (TPSA) is 95.9 Å². The average molecular weight is 484 g/mol. The Morgan fingerprint density at radius 1 is 0.939 bits per heavy atom. The fraction of sp³-hybridized carbons (Fsp3) is 0.208. The van der Waals surface area contributed by atoms with Gasteiger partial charge in [0.25, 0.3) is 10.0 Å². The van der Waals surface area contributed by atoms with Crippen LogP contribution in [0.15, 0.2) is 88.9 Å². The second kappa shape index (κ2) is 8.99. The first-order chi connectivity index (χ1) is 15.7. The van der Waals surface area contributed by atoms with Crippen LogP contribution in [0.25, 0.3) is 0 Å². The van der Waals surface area contributed by atoms with E-state index in [1.807, 2.05) is 37.3 Å². The van der Waals surface area contributed by atoms with Crippen LogP contribution >= 0.6 is 0 Å². The van der Waals surface area contributed by atoms with E-state index in [0.717, 1.165) is 11.1 Å². The van der Waals surface area contributed by atoms with Crippen LogP contribution in [0.2, 0.25) is 0 Å². The Kier molecular flexibility index (Phi) is 6.27. The number of aryl methyl sites for hydroxylation is 1. The Hall–Kier alpha value is -3.17. The maximum absolute atomic E-state index is 13.5. The van der Waals surface area contributed by atoms with Gasteiger partial charge in [0.2, 0.25) is 10.0 Å². The molecule has 9 heteroatoms. The fourth-order valence-electron chi connectivity index (χ4n) is 3.64. The minimum absolute atomic E-state index is 0.0448. The van der Waals surface area contributed by atoms with Crippen molar-refractivity contribution >= 4 is 31.4 Å². The first-order valence-corrected chi connectivity index (χ1v) is 13.6. The van der Waals surface area contributed by atoms with Gasteiger partial charge in [-0.15, -0.1) is 0 Å². The molecule has 0 saturated carbocycles. The summed E-state index contributed by atoms with van der Waals surface area (Å²) in [6, 6.07) is 22.4. The van der Waals surface area contributed by atoms with Crippen LogP contribution in [0.4, 0.5) is 5.69 Å². The van der Waals surface area contributed by atoms with Crippen LogP contribution in [-0.4, -0.2) is 32.7 Å². The van der Waals surface area contributed by atoms with Gasteiger partial charge in [-0.3, -0.25) is 4.72 Å². The van der Waals surface area contributed by atoms with Crippen molar-refractivity contribution in [1.82, 2.24) is 4.41 Å². The molecule has 1 heterocycles. The minimum Gasteiger partial charge on any atom is -0.284 e. The molecule has 0 amide bonds. The quantitative estimate of drug-likeness (QED) is 0.542. The summed E-state index contributed by atoms with van der Waals surface area (Å²) in [5.41, 5.74) is 3.43. The van der Waals surface area contributed by atoms with Gasteiger partial charge in [0.05, 0.1) is 22.4 Å². The summed E-state index contributed by atoms with van der Waals surface area (Å²) in [5, 5.41) is 4.53. The number of hydrogen-bond donors (Lipinski definition) is 1. The van der Waals surface area contributed by atoms with Crippen LogP contribution in [0.3, 0.4) is 0 Å². The summed E-state index contributed by atoms with van der Waals surface area (Å²) < 4.78 is 54.7. The molecule has 0 spiro atoms. The summed E-state index contributed by atoms with van der Waals surface area (Å²) >= 11 is 0. The zero-order chi connectivity index (χ0) is 23.6. The Bertz CT molecular complexity index is 1390. The number of sulfonamides is 2. The number of nitrogens with one attached hydrogen (secondary N) is 1. The van der Waals surface area contributed by atoms with E-state index in [4.69, 9.17) is 0 Å². The smallest absolute Gasteiger partial charge is 0.279 e. The van der Waals surface area contributed by atoms with Crippen LogP contribution < -0.4 is 4.72 Å². The molecule has 0 radical (unpaired) electrons. The van der Waals surface area contributed by atoms with E-state index >= 15 is 0 Å². The summed E-state index contributed by atoms with van der Waals surface area (Å²) in [7, 11) is -7.34. The molecular formula is C24H25N3O4S2. The van der Waals surface area contributed by atoms with Gasteiger partial charge in [0, 0.05) is 12.1 Å². The molecule has 0 saturated heterocycles. The van der Waals surface area contributed by atoms with E-state index in [-0.39, 0.29) is 10.6 Å². The van der Waals surface area contributed by atoms with E-state index in [2.05, 4.69) is 9.82 Å². The third kappa shape index (κ3) is 4.94. The van der Waals surface area contributed by atoms with Gasteiger partial charge in [0.1, 0.15) is 0 Å². The molecule has 0 aromatic heterocycles. The third-order valence-electron chi connectivity index (χ3n) is 5.47. The van der Waals surface area contributed by atoms with Crippen molar-refractivity contribution in [1.29, 1.82) is 0 Å². The van der Waals surface area contributed by atoms with Gasteiger partial charge in [-0.25, -0.2) is 8.42 Å². The molecule has 0 fully saturated rings. The number of hydrazone groups is 1. The molecule has 1 aliphatic rings. The molecule has 1 atom stereocenters. The Labute approximate surface area is 194 Å². The van der Waals surface area contributed by atoms with E-state index in [9.17, 15) is 16.8 Å². The first kappa shape index (κ1) is 23.0. The molecule has 3 aromatic rings. The highest BCUT2D eigenvalue weighted by molar-refractivity contribution is 7.92. The minimum atomic E-state index is -3.90. The molecular weight excluding hydrogens is 458 g/mol. The molecule has 0 bridgehead atoms. The summed E-state index contributed by atoms with van der Waals surface area (Å²) in [6.07, 6.45) is 0.360. The van der Waals surface area contributed by atoms with E-state index in [1.54, 1.807) is 55.5 Å². The molecule has 7 nitrogen and oxygen atoms in total. The molecule has 33 heavy (non-hydrogen) atoms. The van der Waals surface area contributed by atoms with E-state index < -0.39 is 26.1 Å². The predicted octanol–water partition coefficient (Wildman–Crippen LogP) is 4.30. The monoisotopic (exact) mass is 483 g/mol. The molecule has 1 aliphatic heterocycles. The zero-order valence-corrected chi connectivity index (χ0v) is 20.0. The zero-order valence-electron chi connectivity index (χ0n) is 18.3. The molecule has 4 rings (SSSR count). The second-order valence-corrected chi connectivity index (χ2v) is 11.7. The maximum Gasteiger partial charge on any atom is 0.279 e. The summed E-state index contributed by atoms with van der Waals surface area (Å²) in [5.74, 6) is -0.0448. The second-order valence-electron chi connectivity index (χ2n) is 7.85. The van der Waals surface area contributed by atoms with Crippen molar-refractivity contribution in [3.63, 3.8) is 0 Å². The number of benzene rings is 3. The van der Waals surface area contributed by atoms with Gasteiger partial charge in [-0.05, 0) is 49.2 Å². The summed E-state index contributed by atoms with van der Waals surface area (Å²) in [4.78, 5) is 0.170. The van der Waals surface area contributed by atoms with Crippen molar-refractivity contribution < 1.29 is 16.8 Å². The largest absolute Gasteiger partial charge is 0.284 e. The molecule has 0 aliphatic carbocycles. The van der Waals surface area contributed by atoms with Gasteiger partial charge in [-0.1, -0.05) is 60.2 Å². The number of nitrogens with zero attached hydrogens (tertiary/aromatic N) is 2. The highest BCUT2D eigenvalue weighted by atomic mass is 32.2. The lowest BCUT2D eigenvalue weighted by atomic mass is 9.99. The lowest BCUT2D eigenvalue weighted by molar-refractivity contribution is 0.371. The molecule has 1 N–H and O–H groups in total. The van der Waals surface area contributed by atoms with Crippen LogP contribution in [-0.2, 0) is 20.0 Å². The Morgan fingerprint density at radius 3 is 2.30 bits per heavy atom. The predicted molar refractivity (Wildman–Crippen MR) is 130 cm³/mol. The van der Waals surface area contributed by atoms with E-state index in [1.165, 1.54) is 4.41 Å². The van der Waals surface area contributed by atoms with Gasteiger partial charge < -0.3 is 0 Å². The lowest BCUT2D eigenvalue weighted by Gasteiger charge is -2.23. The summed E-state index contributed by atoms with van der Waals surface area (Å²) in [6.45, 7) is 3.46. The number of hydrogen-bond acceptors (Lipinski definition) is 5. The van der Waals surface area contributed by atoms with Crippen LogP contribution in [0.1, 0.15) is 36.1 Å². The van der Waals surface area contributed by atoms with Gasteiger partial charge in [-0.2, -0.15) is 17.9 Å². The Balaban J connectivity index is 1.75. The highest BCUT2D eigenvalue weighted by Gasteiger charge is 2.37. The standard InChI is InChI=1S/C24H25N3O4S2/c1-3-32(28,29)26-21-11-7-10-20(16-21)23-17-24(19-8-5-4-6-9-19)27(25-23)33(30,31)22-14-12-18(2)13-15-22/h4-16,24,26H,3,17H2,1-2H3/t24-/m1/s1. The number of anilines is 1. The van der Waals surface area contributed by atoms with Crippen LogP contribution in [0, 0.1) is 6.92 Å². The number of rotatable bonds is 7. The first-order valence-electron chi connectivity index (χ1n) is 10.5.